The topological polar surface area (TPSA) is 53.0 Å². The molecule has 0 aromatic heterocycles. The molecule has 0 spiro atoms. The first kappa shape index (κ1) is 15.1. The number of nitrogens with zero attached hydrogens (tertiary/aromatic N) is 2. The van der Waals surface area contributed by atoms with E-state index in [4.69, 9.17) is 5.73 Å². The fourth-order valence-corrected chi connectivity index (χ4v) is 2.38. The van der Waals surface area contributed by atoms with E-state index in [2.05, 4.69) is 37.3 Å². The molecule has 1 unspecified atom stereocenters. The highest BCUT2D eigenvalue weighted by Gasteiger charge is 2.28. The van der Waals surface area contributed by atoms with Gasteiger partial charge in [0.1, 0.15) is 5.54 Å². The molecular weight excluding hydrogens is 258 g/mol. The van der Waals surface area contributed by atoms with Crippen molar-refractivity contribution in [3.8, 4) is 6.07 Å². The van der Waals surface area contributed by atoms with Gasteiger partial charge in [0.05, 0.1) is 12.6 Å². The lowest BCUT2D eigenvalue weighted by Gasteiger charge is -2.29. The summed E-state index contributed by atoms with van der Waals surface area (Å²) in [7, 11) is 1.96. The molecule has 0 amide bonds. The zero-order valence-electron chi connectivity index (χ0n) is 12.6. The normalized spacial score (nSPS) is 13.2. The number of rotatable bonds is 5. The summed E-state index contributed by atoms with van der Waals surface area (Å²) in [4.78, 5) is 2.02. The lowest BCUT2D eigenvalue weighted by Crippen LogP contribution is -2.45. The van der Waals surface area contributed by atoms with E-state index in [0.717, 1.165) is 17.7 Å². The van der Waals surface area contributed by atoms with Crippen LogP contribution in [0.3, 0.4) is 0 Å². The van der Waals surface area contributed by atoms with Gasteiger partial charge in [-0.1, -0.05) is 49.4 Å². The Bertz CT molecular complexity index is 613. The highest BCUT2D eigenvalue weighted by Crippen LogP contribution is 2.22. The van der Waals surface area contributed by atoms with Crippen molar-refractivity contribution in [3.05, 3.63) is 65.7 Å². The van der Waals surface area contributed by atoms with Crippen molar-refractivity contribution in [1.82, 2.24) is 0 Å². The van der Waals surface area contributed by atoms with E-state index >= 15 is 0 Å². The van der Waals surface area contributed by atoms with Crippen molar-refractivity contribution in [2.45, 2.75) is 18.9 Å². The van der Waals surface area contributed by atoms with E-state index in [-0.39, 0.29) is 0 Å². The van der Waals surface area contributed by atoms with Crippen LogP contribution in [0.2, 0.25) is 0 Å². The van der Waals surface area contributed by atoms with Crippen molar-refractivity contribution in [2.75, 3.05) is 18.5 Å². The van der Waals surface area contributed by atoms with Gasteiger partial charge < -0.3 is 10.6 Å². The number of nitriles is 1. The molecule has 3 heteroatoms. The van der Waals surface area contributed by atoms with E-state index in [1.54, 1.807) is 0 Å². The number of likely N-dealkylation sites (N-methyl/N-ethyl adjacent to an activating group) is 1. The summed E-state index contributed by atoms with van der Waals surface area (Å²) in [6, 6.07) is 20.2. The van der Waals surface area contributed by atoms with Crippen LogP contribution in [0.1, 0.15) is 18.1 Å². The quantitative estimate of drug-likeness (QED) is 0.915. The molecule has 108 valence electrons. The van der Waals surface area contributed by atoms with Gasteiger partial charge in [0.2, 0.25) is 0 Å². The second-order valence-electron chi connectivity index (χ2n) is 5.33. The molecule has 1 atom stereocenters. The minimum Gasteiger partial charge on any atom is -0.371 e. The summed E-state index contributed by atoms with van der Waals surface area (Å²) in [5, 5.41) is 9.52. The Morgan fingerprint density at radius 3 is 2.24 bits per heavy atom. The van der Waals surface area contributed by atoms with E-state index in [1.807, 2.05) is 42.3 Å². The molecule has 0 aliphatic heterocycles. The summed E-state index contributed by atoms with van der Waals surface area (Å²) in [5.74, 6) is 0. The van der Waals surface area contributed by atoms with Gasteiger partial charge in [-0.25, -0.2) is 0 Å². The number of hydrogen-bond donors (Lipinski definition) is 1. The van der Waals surface area contributed by atoms with Crippen LogP contribution in [-0.2, 0) is 12.0 Å². The van der Waals surface area contributed by atoms with Crippen LogP contribution in [0.5, 0.6) is 0 Å². The maximum atomic E-state index is 9.52. The molecule has 0 aliphatic rings. The molecule has 0 heterocycles. The number of benzene rings is 2. The Hall–Kier alpha value is -2.31. The third-order valence-electron chi connectivity index (χ3n) is 3.76. The number of aryl methyl sites for hydroxylation is 1. The van der Waals surface area contributed by atoms with Crippen molar-refractivity contribution in [2.24, 2.45) is 5.73 Å². The van der Waals surface area contributed by atoms with Gasteiger partial charge in [-0.3, -0.25) is 0 Å². The molecule has 21 heavy (non-hydrogen) atoms. The van der Waals surface area contributed by atoms with E-state index in [9.17, 15) is 5.26 Å². The van der Waals surface area contributed by atoms with Gasteiger partial charge >= 0.3 is 0 Å². The Morgan fingerprint density at radius 2 is 1.71 bits per heavy atom. The zero-order valence-corrected chi connectivity index (χ0v) is 12.6. The van der Waals surface area contributed by atoms with Crippen molar-refractivity contribution < 1.29 is 0 Å². The average molecular weight is 279 g/mol. The first-order valence-electron chi connectivity index (χ1n) is 7.15. The third-order valence-corrected chi connectivity index (χ3v) is 3.76. The molecule has 0 aliphatic carbocycles. The second kappa shape index (κ2) is 6.43. The average Bonchev–Trinajstić information content (AvgIpc) is 2.55. The smallest absolute Gasteiger partial charge is 0.147 e. The second-order valence-corrected chi connectivity index (χ2v) is 5.33. The first-order valence-corrected chi connectivity index (χ1v) is 7.15. The SMILES string of the molecule is CCc1ccc(N(C)CC(N)(C#N)c2ccccc2)cc1. The van der Waals surface area contributed by atoms with Gasteiger partial charge in [0.15, 0.2) is 0 Å². The third kappa shape index (κ3) is 3.42. The monoisotopic (exact) mass is 279 g/mol. The lowest BCUT2D eigenvalue weighted by atomic mass is 9.92. The molecule has 2 aromatic rings. The Labute approximate surface area is 126 Å². The van der Waals surface area contributed by atoms with Crippen LogP contribution in [0.4, 0.5) is 5.69 Å². The molecule has 0 radical (unpaired) electrons. The van der Waals surface area contributed by atoms with Crippen LogP contribution < -0.4 is 10.6 Å². The van der Waals surface area contributed by atoms with Crippen molar-refractivity contribution >= 4 is 5.69 Å². The van der Waals surface area contributed by atoms with Gasteiger partial charge in [-0.05, 0) is 29.7 Å². The molecular formula is C18H21N3. The molecule has 0 bridgehead atoms. The minimum absolute atomic E-state index is 0.443. The molecule has 0 saturated heterocycles. The maximum Gasteiger partial charge on any atom is 0.147 e. The first-order chi connectivity index (χ1) is 10.1. The minimum atomic E-state index is -1.01. The van der Waals surface area contributed by atoms with Gasteiger partial charge in [-0.15, -0.1) is 0 Å². The standard InChI is InChI=1S/C18H21N3/c1-3-15-9-11-17(12-10-15)21(2)14-18(20,13-19)16-7-5-4-6-8-16/h4-12H,3,14,20H2,1-2H3. The molecule has 2 N–H and O–H groups in total. The molecule has 2 aromatic carbocycles. The Morgan fingerprint density at radius 1 is 1.10 bits per heavy atom. The van der Waals surface area contributed by atoms with Gasteiger partial charge in [0, 0.05) is 12.7 Å². The predicted octanol–water partition coefficient (Wildman–Crippen LogP) is 3.06. The zero-order chi connectivity index (χ0) is 15.3. The molecule has 3 nitrogen and oxygen atoms in total. The number of nitrogens with two attached hydrogens (primary N) is 1. The van der Waals surface area contributed by atoms with Gasteiger partial charge in [0.25, 0.3) is 0 Å². The summed E-state index contributed by atoms with van der Waals surface area (Å²) >= 11 is 0. The summed E-state index contributed by atoms with van der Waals surface area (Å²) in [6.07, 6.45) is 1.02. The van der Waals surface area contributed by atoms with Crippen LogP contribution in [-0.4, -0.2) is 13.6 Å². The summed E-state index contributed by atoms with van der Waals surface area (Å²) < 4.78 is 0. The maximum absolute atomic E-state index is 9.52. The van der Waals surface area contributed by atoms with E-state index in [0.29, 0.717) is 6.54 Å². The fourth-order valence-electron chi connectivity index (χ4n) is 2.38. The van der Waals surface area contributed by atoms with E-state index < -0.39 is 5.54 Å². The predicted molar refractivity (Wildman–Crippen MR) is 87.0 cm³/mol. The summed E-state index contributed by atoms with van der Waals surface area (Å²) in [6.45, 7) is 2.58. The Balaban J connectivity index is 2.20. The molecule has 0 saturated carbocycles. The van der Waals surface area contributed by atoms with Crippen LogP contribution in [0, 0.1) is 11.3 Å². The van der Waals surface area contributed by atoms with Crippen molar-refractivity contribution in [1.29, 1.82) is 5.26 Å². The summed E-state index contributed by atoms with van der Waals surface area (Å²) in [5.41, 5.74) is 8.50. The largest absolute Gasteiger partial charge is 0.371 e. The number of hydrogen-bond acceptors (Lipinski definition) is 3. The van der Waals surface area contributed by atoms with Crippen LogP contribution >= 0.6 is 0 Å². The highest BCUT2D eigenvalue weighted by atomic mass is 15.1. The molecule has 2 rings (SSSR count). The molecule has 0 fully saturated rings. The number of anilines is 1. The fraction of sp³-hybridized carbons (Fsp3) is 0.278. The Kier molecular flexibility index (Phi) is 4.62. The highest BCUT2D eigenvalue weighted by molar-refractivity contribution is 5.48. The van der Waals surface area contributed by atoms with Crippen molar-refractivity contribution in [3.63, 3.8) is 0 Å². The van der Waals surface area contributed by atoms with Crippen LogP contribution in [0.15, 0.2) is 54.6 Å². The lowest BCUT2D eigenvalue weighted by molar-refractivity contribution is 0.571. The van der Waals surface area contributed by atoms with Crippen LogP contribution in [0.25, 0.3) is 0 Å². The van der Waals surface area contributed by atoms with Gasteiger partial charge in [-0.2, -0.15) is 5.26 Å². The van der Waals surface area contributed by atoms with E-state index in [1.165, 1.54) is 5.56 Å².